The number of H-pyrrole nitrogens is 1. The van der Waals surface area contributed by atoms with Gasteiger partial charge in [0.2, 0.25) is 10.0 Å². The van der Waals surface area contributed by atoms with Crippen molar-refractivity contribution in [3.63, 3.8) is 0 Å². The van der Waals surface area contributed by atoms with E-state index in [0.717, 1.165) is 16.5 Å². The van der Waals surface area contributed by atoms with E-state index in [0.29, 0.717) is 28.9 Å². The van der Waals surface area contributed by atoms with Crippen LogP contribution in [0.2, 0.25) is 0 Å². The van der Waals surface area contributed by atoms with Gasteiger partial charge in [-0.05, 0) is 62.2 Å². The molecule has 196 valence electrons. The quantitative estimate of drug-likeness (QED) is 0.257. The van der Waals surface area contributed by atoms with Crippen molar-refractivity contribution >= 4 is 26.8 Å². The lowest BCUT2D eigenvalue weighted by molar-refractivity contribution is 0.0993. The lowest BCUT2D eigenvalue weighted by Crippen LogP contribution is -2.19. The first-order chi connectivity index (χ1) is 18.1. The molecule has 6 N–H and O–H groups in total. The number of ether oxygens (including phenoxy) is 1. The van der Waals surface area contributed by atoms with Gasteiger partial charge in [0, 0.05) is 39.7 Å². The molecule has 3 aromatic carbocycles. The summed E-state index contributed by atoms with van der Waals surface area (Å²) in [6.45, 7) is 3.47. The third kappa shape index (κ3) is 6.06. The number of carbonyl (C=O) groups excluding carboxylic acids is 1. The molecule has 0 bridgehead atoms. The molecule has 38 heavy (non-hydrogen) atoms. The number of aliphatic hydroxyl groups excluding tert-OH is 1. The molecule has 0 unspecified atom stereocenters. The van der Waals surface area contributed by atoms with Crippen LogP contribution >= 0.6 is 0 Å². The Bertz CT molecular complexity index is 1660. The van der Waals surface area contributed by atoms with Crippen LogP contribution in [0.15, 0.2) is 71.8 Å². The summed E-state index contributed by atoms with van der Waals surface area (Å²) >= 11 is 0. The van der Waals surface area contributed by atoms with Crippen molar-refractivity contribution < 1.29 is 23.1 Å². The zero-order valence-electron chi connectivity index (χ0n) is 21.1. The van der Waals surface area contributed by atoms with E-state index in [-0.39, 0.29) is 23.2 Å². The highest BCUT2D eigenvalue weighted by molar-refractivity contribution is 7.89. The molecule has 0 aliphatic carbocycles. The first-order valence-electron chi connectivity index (χ1n) is 12.0. The molecule has 4 aromatic rings. The molecular formula is C29H29N3O5S. The molecule has 4 rings (SSSR count). The van der Waals surface area contributed by atoms with Crippen LogP contribution in [0.3, 0.4) is 0 Å². The number of benzene rings is 3. The Morgan fingerprint density at radius 1 is 1.05 bits per heavy atom. The Morgan fingerprint density at radius 2 is 1.79 bits per heavy atom. The number of para-hydroxylation sites is 1. The normalized spacial score (nSPS) is 12.2. The van der Waals surface area contributed by atoms with Gasteiger partial charge in [-0.3, -0.25) is 4.79 Å². The average Bonchev–Trinajstić information content (AvgIpc) is 3.28. The van der Waals surface area contributed by atoms with Gasteiger partial charge in [0.25, 0.3) is 5.91 Å². The number of fused-ring (bicyclic) bond motifs is 1. The molecule has 0 saturated carbocycles. The lowest BCUT2D eigenvalue weighted by Gasteiger charge is -2.23. The molecule has 1 heterocycles. The monoisotopic (exact) mass is 531 g/mol. The summed E-state index contributed by atoms with van der Waals surface area (Å²) < 4.78 is 29.5. The molecular weight excluding hydrogens is 502 g/mol. The number of sulfonamides is 1. The zero-order chi connectivity index (χ0) is 27.4. The van der Waals surface area contributed by atoms with Gasteiger partial charge in [-0.25, -0.2) is 13.6 Å². The van der Waals surface area contributed by atoms with Crippen LogP contribution in [0.4, 0.5) is 0 Å². The second kappa shape index (κ2) is 11.1. The molecule has 1 aromatic heterocycles. The Kier molecular flexibility index (Phi) is 7.88. The number of aromatic nitrogens is 1. The second-order valence-corrected chi connectivity index (χ2v) is 10.8. The number of primary amides is 1. The predicted octanol–water partition coefficient (Wildman–Crippen LogP) is 3.42. The summed E-state index contributed by atoms with van der Waals surface area (Å²) in [5, 5.41) is 16.7. The van der Waals surface area contributed by atoms with Crippen LogP contribution in [-0.4, -0.2) is 37.1 Å². The van der Waals surface area contributed by atoms with Gasteiger partial charge in [0.15, 0.2) is 0 Å². The van der Waals surface area contributed by atoms with Crippen molar-refractivity contribution in [2.24, 2.45) is 10.9 Å². The molecule has 0 fully saturated rings. The van der Waals surface area contributed by atoms with E-state index in [1.165, 1.54) is 12.1 Å². The number of nitrogens with two attached hydrogens (primary N) is 2. The number of aliphatic hydroxyl groups is 1. The first kappa shape index (κ1) is 26.9. The van der Waals surface area contributed by atoms with Crippen LogP contribution in [0.5, 0.6) is 5.75 Å². The number of primary sulfonamides is 1. The molecule has 1 atom stereocenters. The zero-order valence-corrected chi connectivity index (χ0v) is 21.9. The van der Waals surface area contributed by atoms with Crippen molar-refractivity contribution in [2.45, 2.75) is 37.2 Å². The van der Waals surface area contributed by atoms with Crippen LogP contribution in [0.1, 0.15) is 52.4 Å². The summed E-state index contributed by atoms with van der Waals surface area (Å²) in [4.78, 5) is 15.7. The smallest absolute Gasteiger partial charge is 0.252 e. The molecule has 0 aliphatic rings. The summed E-state index contributed by atoms with van der Waals surface area (Å²) in [6, 6.07) is 17.2. The maximum absolute atomic E-state index is 12.5. The predicted molar refractivity (Wildman–Crippen MR) is 146 cm³/mol. The van der Waals surface area contributed by atoms with Gasteiger partial charge >= 0.3 is 0 Å². The average molecular weight is 532 g/mol. The number of aromatic amines is 1. The highest BCUT2D eigenvalue weighted by Gasteiger charge is 2.24. The van der Waals surface area contributed by atoms with E-state index in [1.54, 1.807) is 24.3 Å². The topological polar surface area (TPSA) is 148 Å². The fourth-order valence-electron chi connectivity index (χ4n) is 4.31. The standard InChI is InChI=1S/C29H29N3O5S/c1-18(2)37-28-25(22(17-33)15-21-16-32-27-9-4-3-8-24(21)27)13-20(14-26(28)29(30)34)11-10-19-6-5-7-23(12-19)38(31,35)36/h3-9,12-14,16,18,22,32-33H,15,17H2,1-2H3,(H2,30,34)(H2,31,35,36)/t22-/m0/s1. The molecule has 0 radical (unpaired) electrons. The van der Waals surface area contributed by atoms with Crippen LogP contribution in [0.25, 0.3) is 10.9 Å². The minimum absolute atomic E-state index is 0.0532. The summed E-state index contributed by atoms with van der Waals surface area (Å²) in [5.41, 5.74) is 9.37. The van der Waals surface area contributed by atoms with Gasteiger partial charge in [-0.2, -0.15) is 0 Å². The molecule has 1 amide bonds. The lowest BCUT2D eigenvalue weighted by atomic mass is 9.88. The van der Waals surface area contributed by atoms with E-state index in [9.17, 15) is 18.3 Å². The van der Waals surface area contributed by atoms with Gasteiger partial charge < -0.3 is 20.6 Å². The first-order valence-corrected chi connectivity index (χ1v) is 13.6. The minimum Gasteiger partial charge on any atom is -0.490 e. The van der Waals surface area contributed by atoms with E-state index in [2.05, 4.69) is 16.8 Å². The number of hydrogen-bond donors (Lipinski definition) is 4. The van der Waals surface area contributed by atoms with Crippen molar-refractivity contribution in [1.82, 2.24) is 4.98 Å². The molecule has 0 spiro atoms. The van der Waals surface area contributed by atoms with Crippen LogP contribution in [-0.2, 0) is 16.4 Å². The van der Waals surface area contributed by atoms with E-state index in [4.69, 9.17) is 15.6 Å². The van der Waals surface area contributed by atoms with Gasteiger partial charge in [0.1, 0.15) is 5.75 Å². The third-order valence-corrected chi connectivity index (χ3v) is 6.96. The number of hydrogen-bond acceptors (Lipinski definition) is 5. The van der Waals surface area contributed by atoms with Crippen molar-refractivity contribution in [2.75, 3.05) is 6.61 Å². The van der Waals surface area contributed by atoms with Crippen LogP contribution in [0, 0.1) is 11.8 Å². The van der Waals surface area contributed by atoms with Gasteiger partial charge in [0.05, 0.1) is 23.2 Å². The highest BCUT2D eigenvalue weighted by Crippen LogP contribution is 2.35. The second-order valence-electron chi connectivity index (χ2n) is 9.24. The maximum Gasteiger partial charge on any atom is 0.252 e. The van der Waals surface area contributed by atoms with Crippen LogP contribution < -0.4 is 15.6 Å². The highest BCUT2D eigenvalue weighted by atomic mass is 32.2. The summed E-state index contributed by atoms with van der Waals surface area (Å²) in [7, 11) is -3.88. The van der Waals surface area contributed by atoms with Crippen molar-refractivity contribution in [1.29, 1.82) is 0 Å². The number of nitrogens with one attached hydrogen (secondary N) is 1. The summed E-state index contributed by atoms with van der Waals surface area (Å²) in [6.07, 6.45) is 2.13. The Morgan fingerprint density at radius 3 is 2.47 bits per heavy atom. The minimum atomic E-state index is -3.88. The van der Waals surface area contributed by atoms with Crippen molar-refractivity contribution in [3.8, 4) is 17.6 Å². The largest absolute Gasteiger partial charge is 0.490 e. The van der Waals surface area contributed by atoms with E-state index in [1.807, 2.05) is 44.3 Å². The fourth-order valence-corrected chi connectivity index (χ4v) is 4.87. The molecule has 8 nitrogen and oxygen atoms in total. The van der Waals surface area contributed by atoms with Gasteiger partial charge in [-0.15, -0.1) is 0 Å². The SMILES string of the molecule is CC(C)Oc1c(C(N)=O)cc(C#Cc2cccc(S(N)(=O)=O)c2)cc1[C@H](CO)Cc1c[nH]c2ccccc12. The Labute approximate surface area is 221 Å². The van der Waals surface area contributed by atoms with E-state index < -0.39 is 21.8 Å². The van der Waals surface area contributed by atoms with Crippen molar-refractivity contribution in [3.05, 3.63) is 94.7 Å². The molecule has 9 heteroatoms. The molecule has 0 saturated heterocycles. The number of rotatable bonds is 8. The summed E-state index contributed by atoms with van der Waals surface area (Å²) in [5.74, 6) is 5.11. The van der Waals surface area contributed by atoms with E-state index >= 15 is 0 Å². The Hall–Kier alpha value is -4.10. The number of amides is 1. The Balaban J connectivity index is 1.82. The fraction of sp³-hybridized carbons (Fsp3) is 0.207. The third-order valence-electron chi connectivity index (χ3n) is 6.05. The number of carbonyl (C=O) groups is 1. The maximum atomic E-state index is 12.5. The van der Waals surface area contributed by atoms with Gasteiger partial charge in [-0.1, -0.05) is 36.1 Å². The molecule has 0 aliphatic heterocycles.